The van der Waals surface area contributed by atoms with E-state index in [9.17, 15) is 0 Å². The number of pyridine rings is 6. The van der Waals surface area contributed by atoms with Crippen LogP contribution in [0.5, 0.6) is 0 Å². The second-order valence-corrected chi connectivity index (χ2v) is 35.0. The van der Waals surface area contributed by atoms with E-state index in [2.05, 4.69) is 448 Å². The van der Waals surface area contributed by atoms with E-state index in [0.29, 0.717) is 0 Å². The minimum Gasteiger partial charge on any atom is -0.306 e. The number of rotatable bonds is 11. The van der Waals surface area contributed by atoms with E-state index in [-0.39, 0.29) is 0 Å². The third-order valence-electron chi connectivity index (χ3n) is 27.3. The van der Waals surface area contributed by atoms with Crippen LogP contribution in [0.15, 0.2) is 492 Å². The monoisotopic (exact) mass is 1740 g/mol. The number of fused-ring (bicyclic) bond motifs is 17. The van der Waals surface area contributed by atoms with Crippen LogP contribution in [0.4, 0.5) is 0 Å². The number of hydrogen-bond donors (Lipinski definition) is 0. The van der Waals surface area contributed by atoms with Gasteiger partial charge >= 0.3 is 0 Å². The van der Waals surface area contributed by atoms with Crippen molar-refractivity contribution in [3.05, 3.63) is 492 Å². The Labute approximate surface area is 788 Å². The SMILES string of the molecule is c1ccc(-c2c3ccccc3c(-c3cccc(-n4c5cccnc5c5ncc(-c6c7ccccc7cc7ccccc67)cc54)c3)c3ccccc23)cc1.c1ccc(-c2c3ccccc3c(-c3cccc(-n4c5cccnc5c5ncccc54)c3)c3ccccc23)cc1.c1ccc(-c2cnc3c4ncccc4n(-c4cccc(-c5c6ccccc6c(-c6ccccc6)c6ccccc56)c4)c3c2)cc1. The second kappa shape index (κ2) is 33.4. The molecule has 9 heteroatoms. The highest BCUT2D eigenvalue weighted by molar-refractivity contribution is 6.25. The molecule has 0 aliphatic rings. The second-order valence-electron chi connectivity index (χ2n) is 35.0. The molecule has 0 aliphatic carbocycles. The van der Waals surface area contributed by atoms with Crippen LogP contribution in [-0.4, -0.2) is 43.6 Å². The lowest BCUT2D eigenvalue weighted by molar-refractivity contribution is 1.17. The molecule has 0 fully saturated rings. The Bertz CT molecular complexity index is 9400. The topological polar surface area (TPSA) is 92.1 Å². The van der Waals surface area contributed by atoms with E-state index >= 15 is 0 Å². The maximum atomic E-state index is 5.16. The van der Waals surface area contributed by atoms with Gasteiger partial charge in [-0.1, -0.05) is 352 Å². The molecule has 0 unspecified atom stereocenters. The molecule has 28 aromatic rings. The standard InChI is InChI=1S/C50H31N3.C42H27N3.C36H23N3/c1-2-14-32(15-3-1)46-40-22-8-10-24-42(40)47(43-25-11-9-23-41(43)46)35-18-12-19-37(29-35)53-44-26-13-27-51-49(44)50-45(53)30-36(31-52-50)48-38-20-6-4-16-33(38)28-34-17-5-7-21-39(34)48;1-3-13-28(14-4-1)31-26-38-42(44-27-31)41-37(23-12-24-43-41)45(38)32-18-11-17-30(25-32)40-35-21-9-7-19-33(35)39(29-15-5-2-6-16-29)34-20-8-10-22-36(34)40;1-2-11-24(12-3-1)33-27-15-4-6-17-29(27)34(30-18-7-5-16-28(30)33)25-13-8-14-26(23-25)39-31-19-9-21-37-35(31)36-32(39)20-10-22-38-36/h1-31H;1-27H;1-23H. The van der Waals surface area contributed by atoms with Crippen molar-refractivity contribution >= 4 is 152 Å². The van der Waals surface area contributed by atoms with Crippen LogP contribution in [0.25, 0.3) is 258 Å². The molecular weight excluding hydrogens is 1660 g/mol. The normalized spacial score (nSPS) is 11.6. The van der Waals surface area contributed by atoms with Crippen molar-refractivity contribution < 1.29 is 0 Å². The molecule has 0 bridgehead atoms. The molecule has 638 valence electrons. The third kappa shape index (κ3) is 13.5. The molecule has 28 rings (SSSR count). The lowest BCUT2D eigenvalue weighted by atomic mass is 9.86. The zero-order valence-electron chi connectivity index (χ0n) is 74.3. The average Bonchev–Trinajstić information content (AvgIpc) is 1.72. The van der Waals surface area contributed by atoms with Gasteiger partial charge in [0.2, 0.25) is 0 Å². The number of hydrogen-bond acceptors (Lipinski definition) is 6. The van der Waals surface area contributed by atoms with E-state index in [4.69, 9.17) is 19.9 Å². The summed E-state index contributed by atoms with van der Waals surface area (Å²) >= 11 is 0. The first-order valence-corrected chi connectivity index (χ1v) is 46.5. The lowest BCUT2D eigenvalue weighted by Gasteiger charge is -2.18. The molecule has 0 spiro atoms. The molecule has 19 aromatic carbocycles. The molecule has 0 aliphatic heterocycles. The first-order valence-electron chi connectivity index (χ1n) is 46.5. The van der Waals surface area contributed by atoms with Crippen molar-refractivity contribution in [3.63, 3.8) is 0 Å². The van der Waals surface area contributed by atoms with Crippen LogP contribution in [0.2, 0.25) is 0 Å². The quantitative estimate of drug-likeness (QED) is 0.120. The smallest absolute Gasteiger partial charge is 0.115 e. The largest absolute Gasteiger partial charge is 0.306 e. The first-order chi connectivity index (χ1) is 68.0. The summed E-state index contributed by atoms with van der Waals surface area (Å²) in [5.41, 5.74) is 34.1. The Morgan fingerprint density at radius 1 is 0.131 bits per heavy atom. The molecule has 9 aromatic heterocycles. The highest BCUT2D eigenvalue weighted by Gasteiger charge is 2.26. The van der Waals surface area contributed by atoms with E-state index in [1.807, 2.05) is 67.5 Å². The van der Waals surface area contributed by atoms with Crippen LogP contribution < -0.4 is 0 Å². The van der Waals surface area contributed by atoms with Gasteiger partial charge in [-0.05, 0) is 267 Å². The van der Waals surface area contributed by atoms with Gasteiger partial charge in [0.25, 0.3) is 0 Å². The van der Waals surface area contributed by atoms with E-state index < -0.39 is 0 Å². The Morgan fingerprint density at radius 3 is 0.650 bits per heavy atom. The fraction of sp³-hybridized carbons (Fsp3) is 0. The minimum absolute atomic E-state index is 0.891. The molecule has 0 radical (unpaired) electrons. The summed E-state index contributed by atoms with van der Waals surface area (Å²) in [5.74, 6) is 0. The van der Waals surface area contributed by atoms with Crippen LogP contribution >= 0.6 is 0 Å². The summed E-state index contributed by atoms with van der Waals surface area (Å²) < 4.78 is 6.92. The zero-order valence-corrected chi connectivity index (χ0v) is 74.3. The Hall–Kier alpha value is -18.4. The molecule has 0 saturated heterocycles. The third-order valence-corrected chi connectivity index (χ3v) is 27.3. The van der Waals surface area contributed by atoms with Gasteiger partial charge in [0.05, 0.1) is 33.1 Å². The maximum Gasteiger partial charge on any atom is 0.115 e. The van der Waals surface area contributed by atoms with Gasteiger partial charge in [-0.25, -0.2) is 0 Å². The highest BCUT2D eigenvalue weighted by atomic mass is 15.0. The van der Waals surface area contributed by atoms with Gasteiger partial charge in [0, 0.05) is 65.4 Å². The van der Waals surface area contributed by atoms with Crippen LogP contribution in [0.1, 0.15) is 0 Å². The Morgan fingerprint density at radius 2 is 0.350 bits per heavy atom. The molecule has 9 nitrogen and oxygen atoms in total. The van der Waals surface area contributed by atoms with Gasteiger partial charge in [0.15, 0.2) is 0 Å². The molecule has 0 N–H and O–H groups in total. The van der Waals surface area contributed by atoms with Gasteiger partial charge in [-0.3, -0.25) is 29.9 Å². The van der Waals surface area contributed by atoms with E-state index in [1.54, 1.807) is 0 Å². The summed E-state index contributed by atoms with van der Waals surface area (Å²) in [4.78, 5) is 29.1. The summed E-state index contributed by atoms with van der Waals surface area (Å²) in [5, 5.41) is 19.8. The highest BCUT2D eigenvalue weighted by Crippen LogP contribution is 2.50. The average molecular weight is 1750 g/mol. The predicted molar refractivity (Wildman–Crippen MR) is 573 cm³/mol. The van der Waals surface area contributed by atoms with Gasteiger partial charge in [-0.15, -0.1) is 0 Å². The van der Waals surface area contributed by atoms with E-state index in [0.717, 1.165) is 106 Å². The Kier molecular flexibility index (Phi) is 19.4. The summed E-state index contributed by atoms with van der Waals surface area (Å²) in [6, 6.07) is 163. The molecule has 9 heterocycles. The van der Waals surface area contributed by atoms with Crippen LogP contribution in [0, 0.1) is 0 Å². The zero-order chi connectivity index (χ0) is 90.4. The molecule has 0 saturated carbocycles. The van der Waals surface area contributed by atoms with Gasteiger partial charge < -0.3 is 13.7 Å². The van der Waals surface area contributed by atoms with Crippen molar-refractivity contribution in [1.82, 2.24) is 43.6 Å². The van der Waals surface area contributed by atoms with Crippen LogP contribution in [-0.2, 0) is 0 Å². The summed E-state index contributed by atoms with van der Waals surface area (Å²) in [7, 11) is 0. The van der Waals surface area contributed by atoms with Crippen molar-refractivity contribution in [2.75, 3.05) is 0 Å². The fourth-order valence-corrected chi connectivity index (χ4v) is 21.6. The summed E-state index contributed by atoms with van der Waals surface area (Å²) in [6.45, 7) is 0. The van der Waals surface area contributed by atoms with Crippen LogP contribution in [0.3, 0.4) is 0 Å². The molecular formula is C128H81N9. The first kappa shape index (κ1) is 79.5. The number of benzene rings is 19. The minimum atomic E-state index is 0.891. The van der Waals surface area contributed by atoms with Crippen molar-refractivity contribution in [2.45, 2.75) is 0 Å². The lowest BCUT2D eigenvalue weighted by Crippen LogP contribution is -1.96. The summed E-state index contributed by atoms with van der Waals surface area (Å²) in [6.07, 6.45) is 11.4. The predicted octanol–water partition coefficient (Wildman–Crippen LogP) is 33.3. The molecule has 0 atom stereocenters. The number of aromatic nitrogens is 9. The van der Waals surface area contributed by atoms with Gasteiger partial charge in [0.1, 0.15) is 33.1 Å². The fourth-order valence-electron chi connectivity index (χ4n) is 21.6. The Balaban J connectivity index is 0.000000108. The van der Waals surface area contributed by atoms with Gasteiger partial charge in [-0.2, -0.15) is 0 Å². The van der Waals surface area contributed by atoms with Crippen molar-refractivity contribution in [1.29, 1.82) is 0 Å². The van der Waals surface area contributed by atoms with Crippen molar-refractivity contribution in [3.8, 4) is 106 Å². The number of nitrogens with zero attached hydrogens (tertiary/aromatic N) is 9. The van der Waals surface area contributed by atoms with Crippen molar-refractivity contribution in [2.24, 2.45) is 0 Å². The van der Waals surface area contributed by atoms with E-state index in [1.165, 1.54) is 153 Å². The maximum absolute atomic E-state index is 5.16. The molecule has 137 heavy (non-hydrogen) atoms. The molecule has 0 amide bonds.